The molecule has 7 nitrogen and oxygen atoms in total. The Hall–Kier alpha value is -2.58. The maximum atomic E-state index is 13.5. The van der Waals surface area contributed by atoms with Crippen molar-refractivity contribution in [2.24, 2.45) is 17.6 Å². The third-order valence-corrected chi connectivity index (χ3v) is 9.60. The van der Waals surface area contributed by atoms with E-state index in [0.29, 0.717) is 35.5 Å². The molecule has 1 aliphatic carbocycles. The Bertz CT molecular complexity index is 1120. The van der Waals surface area contributed by atoms with Gasteiger partial charge in [0.15, 0.2) is 0 Å². The molecule has 0 bridgehead atoms. The van der Waals surface area contributed by atoms with Gasteiger partial charge in [0.25, 0.3) is 5.91 Å². The molecule has 1 amide bonds. The number of carbonyl (C=O) groups excluding carboxylic acids is 1. The molecule has 2 aromatic rings. The summed E-state index contributed by atoms with van der Waals surface area (Å²) in [7, 11) is 1.11. The second-order valence-electron chi connectivity index (χ2n) is 10.3. The molecule has 1 fully saturated rings. The maximum Gasteiger partial charge on any atom is 0.251 e. The van der Waals surface area contributed by atoms with E-state index in [4.69, 9.17) is 10.7 Å². The Morgan fingerprint density at radius 1 is 1.20 bits per heavy atom. The van der Waals surface area contributed by atoms with Crippen LogP contribution in [0.3, 0.4) is 0 Å². The summed E-state index contributed by atoms with van der Waals surface area (Å²) in [6.45, 7) is 8.76. The van der Waals surface area contributed by atoms with Crippen LogP contribution in [0.5, 0.6) is 0 Å². The van der Waals surface area contributed by atoms with Crippen molar-refractivity contribution in [3.63, 3.8) is 0 Å². The normalized spacial score (nSPS) is 20.6. The van der Waals surface area contributed by atoms with Crippen LogP contribution in [0.1, 0.15) is 50.0 Å². The van der Waals surface area contributed by atoms with Crippen LogP contribution >= 0.6 is 0 Å². The Morgan fingerprint density at radius 3 is 2.34 bits per heavy atom. The first-order valence-electron chi connectivity index (χ1n) is 12.3. The Morgan fingerprint density at radius 2 is 1.80 bits per heavy atom. The molecule has 0 saturated heterocycles. The van der Waals surface area contributed by atoms with E-state index in [1.165, 1.54) is 6.42 Å². The van der Waals surface area contributed by atoms with Gasteiger partial charge in [-0.2, -0.15) is 0 Å². The number of benzene rings is 1. The highest BCUT2D eigenvalue weighted by atomic mass is 32.2. The average Bonchev–Trinajstić information content (AvgIpc) is 3.52. The minimum absolute atomic E-state index is 0.173. The van der Waals surface area contributed by atoms with Gasteiger partial charge in [-0.3, -0.25) is 9.10 Å². The van der Waals surface area contributed by atoms with Crippen LogP contribution in [-0.4, -0.2) is 58.9 Å². The Kier molecular flexibility index (Phi) is 8.49. The predicted octanol–water partition coefficient (Wildman–Crippen LogP) is 3.34. The number of nitrogens with two attached hydrogens (primary N) is 1. The van der Waals surface area contributed by atoms with Crippen molar-refractivity contribution >= 4 is 33.1 Å². The first-order valence-corrected chi connectivity index (χ1v) is 14.1. The number of nitrogens with zero attached hydrogens (tertiary/aromatic N) is 3. The molecule has 1 aliphatic rings. The summed E-state index contributed by atoms with van der Waals surface area (Å²) >= 11 is 0. The van der Waals surface area contributed by atoms with Crippen LogP contribution < -0.4 is 20.3 Å². The summed E-state index contributed by atoms with van der Waals surface area (Å²) in [5.74, 6) is 6.22. The highest BCUT2D eigenvalue weighted by Gasteiger charge is 2.34. The Labute approximate surface area is 211 Å². The van der Waals surface area contributed by atoms with Gasteiger partial charge in [0.1, 0.15) is 11.6 Å². The van der Waals surface area contributed by atoms with E-state index in [0.717, 1.165) is 12.1 Å². The van der Waals surface area contributed by atoms with Gasteiger partial charge >= 0.3 is 0 Å². The number of pyridine rings is 1. The van der Waals surface area contributed by atoms with Crippen molar-refractivity contribution in [1.82, 2.24) is 10.3 Å². The monoisotopic (exact) mass is 499 g/mol. The molecule has 3 unspecified atom stereocenters. The van der Waals surface area contributed by atoms with E-state index in [9.17, 15) is 9.00 Å². The minimum Gasteiger partial charge on any atom is -0.359 e. The fourth-order valence-corrected chi connectivity index (χ4v) is 5.09. The fourth-order valence-electron chi connectivity index (χ4n) is 4.05. The van der Waals surface area contributed by atoms with E-state index in [1.807, 2.05) is 58.2 Å². The number of rotatable bonds is 11. The zero-order chi connectivity index (χ0) is 25.9. The minimum atomic E-state index is -2.61. The van der Waals surface area contributed by atoms with Gasteiger partial charge in [-0.1, -0.05) is 37.3 Å². The molecule has 3 rings (SSSR count). The summed E-state index contributed by atoms with van der Waals surface area (Å²) in [6, 6.07) is 13.0. The van der Waals surface area contributed by atoms with Gasteiger partial charge in [0.05, 0.1) is 9.71 Å². The lowest BCUT2D eigenvalue weighted by atomic mass is 10.0. The molecule has 1 heterocycles. The second-order valence-corrected chi connectivity index (χ2v) is 13.2. The molecule has 0 radical (unpaired) electrons. The lowest BCUT2D eigenvalue weighted by molar-refractivity contribution is 0.0932. The third kappa shape index (κ3) is 6.76. The van der Waals surface area contributed by atoms with E-state index in [2.05, 4.69) is 23.0 Å². The number of anilines is 2. The van der Waals surface area contributed by atoms with Crippen molar-refractivity contribution in [1.29, 1.82) is 0 Å². The highest BCUT2D eigenvalue weighted by Crippen LogP contribution is 2.38. The topological polar surface area (TPSA) is 91.6 Å². The maximum absolute atomic E-state index is 13.5. The zero-order valence-electron chi connectivity index (χ0n) is 21.9. The summed E-state index contributed by atoms with van der Waals surface area (Å²) in [4.78, 5) is 20.3. The number of nitrogens with one attached hydrogen (secondary N) is 1. The predicted molar refractivity (Wildman–Crippen MR) is 149 cm³/mol. The number of aromatic nitrogens is 1. The third-order valence-electron chi connectivity index (χ3n) is 7.01. The first-order chi connectivity index (χ1) is 16.4. The standard InChI is InChI=1S/C27H41N5O2S/c1-18(2)35(7,34)32(6)26-16-22(15-25(30-26)31(5)17-23-13-19(23)3)27(33)29-24(20(4)28)14-21-11-9-8-10-12-21/h8-12,15-16,18-20,23-24H,7,13-14,17,28H2,1-6H3,(H,29,33)/t19?,20-,23?,24-,35?/m0/s1. The highest BCUT2D eigenvalue weighted by molar-refractivity contribution is 8.02. The molecule has 8 heteroatoms. The summed E-state index contributed by atoms with van der Waals surface area (Å²) in [6.07, 6.45) is 1.83. The van der Waals surface area contributed by atoms with Gasteiger partial charge in [-0.25, -0.2) is 9.19 Å². The lowest BCUT2D eigenvalue weighted by Crippen LogP contribution is -2.47. The molecule has 0 aliphatic heterocycles. The van der Waals surface area contributed by atoms with Crippen molar-refractivity contribution in [2.45, 2.75) is 57.9 Å². The van der Waals surface area contributed by atoms with E-state index in [1.54, 1.807) is 23.5 Å². The largest absolute Gasteiger partial charge is 0.359 e. The Balaban J connectivity index is 1.92. The molecule has 5 atom stereocenters. The van der Waals surface area contributed by atoms with Crippen molar-refractivity contribution < 1.29 is 9.00 Å². The van der Waals surface area contributed by atoms with E-state index in [-0.39, 0.29) is 23.2 Å². The van der Waals surface area contributed by atoms with Crippen LogP contribution in [0.2, 0.25) is 0 Å². The smallest absolute Gasteiger partial charge is 0.251 e. The summed E-state index contributed by atoms with van der Waals surface area (Å²) in [5.41, 5.74) is 7.81. The number of carbonyl (C=O) groups is 1. The van der Waals surface area contributed by atoms with E-state index < -0.39 is 9.71 Å². The van der Waals surface area contributed by atoms with Gasteiger partial charge in [-0.05, 0) is 69.0 Å². The zero-order valence-corrected chi connectivity index (χ0v) is 22.7. The lowest BCUT2D eigenvalue weighted by Gasteiger charge is -2.28. The van der Waals surface area contributed by atoms with Crippen LogP contribution in [0, 0.1) is 11.8 Å². The molecule has 35 heavy (non-hydrogen) atoms. The van der Waals surface area contributed by atoms with Crippen molar-refractivity contribution in [2.75, 3.05) is 29.8 Å². The molecular formula is C27H41N5O2S. The second kappa shape index (κ2) is 11.0. The molecule has 1 aromatic carbocycles. The van der Waals surface area contributed by atoms with Gasteiger partial charge in [0.2, 0.25) is 0 Å². The molecule has 3 N–H and O–H groups in total. The fraction of sp³-hybridized carbons (Fsp3) is 0.519. The van der Waals surface area contributed by atoms with Gasteiger partial charge in [-0.15, -0.1) is 0 Å². The van der Waals surface area contributed by atoms with Crippen molar-refractivity contribution in [3.05, 3.63) is 53.6 Å². The summed E-state index contributed by atoms with van der Waals surface area (Å²) < 4.78 is 14.9. The SMILES string of the molecule is C=S(=O)(C(C)C)N(C)c1cc(C(=O)N[C@@H](Cc2ccccc2)[C@H](C)N)cc(N(C)CC2CC2C)n1. The molecule has 0 spiro atoms. The molecule has 1 aromatic heterocycles. The molecule has 1 saturated carbocycles. The number of hydrogen-bond acceptors (Lipinski definition) is 5. The molecule has 192 valence electrons. The molecular weight excluding hydrogens is 458 g/mol. The van der Waals surface area contributed by atoms with E-state index >= 15 is 0 Å². The number of hydrogen-bond donors (Lipinski definition) is 2. The number of amides is 1. The quantitative estimate of drug-likeness (QED) is 0.463. The van der Waals surface area contributed by atoms with Gasteiger partial charge < -0.3 is 16.0 Å². The van der Waals surface area contributed by atoms with Crippen LogP contribution in [-0.2, 0) is 16.1 Å². The average molecular weight is 500 g/mol. The van der Waals surface area contributed by atoms with Gasteiger partial charge in [0, 0.05) is 43.5 Å². The summed E-state index contributed by atoms with van der Waals surface area (Å²) in [5, 5.41) is 2.95. The van der Waals surface area contributed by atoms with Crippen LogP contribution in [0.4, 0.5) is 11.6 Å². The van der Waals surface area contributed by atoms with Crippen molar-refractivity contribution in [3.8, 4) is 0 Å². The van der Waals surface area contributed by atoms with Crippen LogP contribution in [0.15, 0.2) is 42.5 Å². The first kappa shape index (κ1) is 27.0. The van der Waals surface area contributed by atoms with Crippen LogP contribution in [0.25, 0.3) is 0 Å².